The number of thiophene rings is 1. The van der Waals surface area contributed by atoms with Gasteiger partial charge in [-0.2, -0.15) is 5.26 Å². The topological polar surface area (TPSA) is 97.7 Å². The van der Waals surface area contributed by atoms with Crippen LogP contribution >= 0.6 is 11.3 Å². The van der Waals surface area contributed by atoms with Crippen LogP contribution in [0.5, 0.6) is 11.5 Å². The largest absolute Gasteiger partial charge is 0.493 e. The average molecular weight is 436 g/mol. The normalized spacial score (nSPS) is 10.1. The number of nitrogens with zero attached hydrogens (tertiary/aromatic N) is 1. The predicted molar refractivity (Wildman–Crippen MR) is 118 cm³/mol. The number of nitriles is 1. The summed E-state index contributed by atoms with van der Waals surface area (Å²) < 4.78 is 15.8. The van der Waals surface area contributed by atoms with Crippen LogP contribution in [0.25, 0.3) is 10.4 Å². The van der Waals surface area contributed by atoms with Gasteiger partial charge in [0.05, 0.1) is 38.1 Å². The molecule has 0 saturated heterocycles. The van der Waals surface area contributed by atoms with E-state index in [2.05, 4.69) is 5.32 Å². The zero-order valence-electron chi connectivity index (χ0n) is 17.2. The van der Waals surface area contributed by atoms with Crippen molar-refractivity contribution < 1.29 is 23.8 Å². The van der Waals surface area contributed by atoms with Crippen molar-refractivity contribution in [3.63, 3.8) is 0 Å². The van der Waals surface area contributed by atoms with E-state index < -0.39 is 11.9 Å². The number of nitrogens with one attached hydrogen (secondary N) is 1. The lowest BCUT2D eigenvalue weighted by atomic mass is 10.1. The van der Waals surface area contributed by atoms with Gasteiger partial charge in [-0.25, -0.2) is 4.79 Å². The fraction of sp³-hybridized carbons (Fsp3) is 0.174. The van der Waals surface area contributed by atoms with Crippen LogP contribution in [0.1, 0.15) is 32.5 Å². The molecule has 0 radical (unpaired) electrons. The van der Waals surface area contributed by atoms with E-state index in [9.17, 15) is 9.59 Å². The van der Waals surface area contributed by atoms with Crippen molar-refractivity contribution in [2.24, 2.45) is 0 Å². The Morgan fingerprint density at radius 1 is 1.03 bits per heavy atom. The number of amides is 1. The summed E-state index contributed by atoms with van der Waals surface area (Å²) in [5.74, 6) is 0.220. The lowest BCUT2D eigenvalue weighted by Gasteiger charge is -2.08. The van der Waals surface area contributed by atoms with E-state index in [4.69, 9.17) is 19.5 Å². The van der Waals surface area contributed by atoms with Gasteiger partial charge < -0.3 is 19.5 Å². The quantitative estimate of drug-likeness (QED) is 0.538. The average Bonchev–Trinajstić information content (AvgIpc) is 3.22. The van der Waals surface area contributed by atoms with E-state index in [1.54, 1.807) is 63.6 Å². The van der Waals surface area contributed by atoms with Crippen LogP contribution in [0, 0.1) is 11.3 Å². The summed E-state index contributed by atoms with van der Waals surface area (Å²) in [7, 11) is 3.10. The first-order valence-corrected chi connectivity index (χ1v) is 10.2. The first kappa shape index (κ1) is 21.9. The first-order valence-electron chi connectivity index (χ1n) is 9.35. The molecule has 31 heavy (non-hydrogen) atoms. The van der Waals surface area contributed by atoms with Gasteiger partial charge in [-0.05, 0) is 61.0 Å². The molecule has 7 nitrogen and oxygen atoms in total. The zero-order chi connectivity index (χ0) is 22.4. The molecule has 8 heteroatoms. The van der Waals surface area contributed by atoms with Crippen LogP contribution < -0.4 is 14.8 Å². The maximum Gasteiger partial charge on any atom is 0.350 e. The van der Waals surface area contributed by atoms with E-state index in [1.807, 2.05) is 12.1 Å². The van der Waals surface area contributed by atoms with Gasteiger partial charge >= 0.3 is 5.97 Å². The number of carbonyl (C=O) groups excluding carboxylic acids is 2. The van der Waals surface area contributed by atoms with Crippen LogP contribution in [0.15, 0.2) is 48.5 Å². The van der Waals surface area contributed by atoms with Crippen LogP contribution in [0.3, 0.4) is 0 Å². The molecule has 0 aliphatic heterocycles. The molecule has 2 aromatic carbocycles. The Morgan fingerprint density at radius 3 is 2.35 bits per heavy atom. The van der Waals surface area contributed by atoms with Gasteiger partial charge in [0.1, 0.15) is 4.88 Å². The monoisotopic (exact) mass is 436 g/mol. The van der Waals surface area contributed by atoms with Crippen molar-refractivity contribution in [1.29, 1.82) is 5.26 Å². The van der Waals surface area contributed by atoms with Crippen LogP contribution in [0.4, 0.5) is 5.69 Å². The fourth-order valence-corrected chi connectivity index (χ4v) is 3.86. The second-order valence-electron chi connectivity index (χ2n) is 6.29. The van der Waals surface area contributed by atoms with Crippen molar-refractivity contribution in [3.8, 4) is 28.0 Å². The predicted octanol–water partition coefficient (Wildman–Crippen LogP) is 4.73. The minimum atomic E-state index is -0.519. The minimum Gasteiger partial charge on any atom is -0.493 e. The van der Waals surface area contributed by atoms with Crippen molar-refractivity contribution in [2.75, 3.05) is 26.1 Å². The van der Waals surface area contributed by atoms with Crippen LogP contribution in [0.2, 0.25) is 0 Å². The number of benzene rings is 2. The Hall–Kier alpha value is -3.83. The van der Waals surface area contributed by atoms with Gasteiger partial charge in [-0.15, -0.1) is 11.3 Å². The molecule has 0 atom stereocenters. The SMILES string of the molecule is CCOC(=O)c1sc(-c2ccc(OC)c(OC)c2)cc1NC(=O)c1ccc(C#N)cc1. The summed E-state index contributed by atoms with van der Waals surface area (Å²) >= 11 is 1.21. The van der Waals surface area contributed by atoms with E-state index in [0.29, 0.717) is 28.3 Å². The molecule has 0 spiro atoms. The molecule has 3 rings (SSSR count). The van der Waals surface area contributed by atoms with E-state index in [1.165, 1.54) is 11.3 Å². The molecule has 1 amide bonds. The maximum atomic E-state index is 12.7. The highest BCUT2D eigenvalue weighted by Gasteiger charge is 2.21. The number of hydrogen-bond acceptors (Lipinski definition) is 7. The lowest BCUT2D eigenvalue weighted by molar-refractivity contribution is 0.0533. The van der Waals surface area contributed by atoms with Crippen molar-refractivity contribution in [1.82, 2.24) is 0 Å². The van der Waals surface area contributed by atoms with E-state index in [-0.39, 0.29) is 11.5 Å². The Kier molecular flexibility index (Phi) is 6.90. The zero-order valence-corrected chi connectivity index (χ0v) is 18.0. The van der Waals surface area contributed by atoms with E-state index >= 15 is 0 Å². The van der Waals surface area contributed by atoms with Gasteiger partial charge in [0.2, 0.25) is 0 Å². The van der Waals surface area contributed by atoms with Gasteiger partial charge in [0.25, 0.3) is 5.91 Å². The standard InChI is InChI=1S/C23H20N2O5S/c1-4-30-23(27)21-17(25-22(26)15-7-5-14(13-24)6-8-15)12-20(31-21)16-9-10-18(28-2)19(11-16)29-3/h5-12H,4H2,1-3H3,(H,25,26). The number of carbonyl (C=O) groups is 2. The number of esters is 1. The molecule has 0 bridgehead atoms. The Labute approximate surface area is 183 Å². The summed E-state index contributed by atoms with van der Waals surface area (Å²) in [6.45, 7) is 1.93. The fourth-order valence-electron chi connectivity index (χ4n) is 2.85. The highest BCUT2D eigenvalue weighted by atomic mass is 32.1. The molecule has 1 heterocycles. The Balaban J connectivity index is 1.97. The molecular formula is C23H20N2O5S. The minimum absolute atomic E-state index is 0.214. The molecule has 1 N–H and O–H groups in total. The van der Waals surface area contributed by atoms with Gasteiger partial charge in [0, 0.05) is 10.4 Å². The Bertz CT molecular complexity index is 1150. The number of anilines is 1. The molecule has 0 unspecified atom stereocenters. The molecule has 1 aromatic heterocycles. The third-order valence-electron chi connectivity index (χ3n) is 4.39. The molecule has 0 aliphatic rings. The summed E-state index contributed by atoms with van der Waals surface area (Å²) in [5, 5.41) is 11.7. The molecule has 3 aromatic rings. The smallest absolute Gasteiger partial charge is 0.350 e. The van der Waals surface area contributed by atoms with Crippen molar-refractivity contribution in [3.05, 3.63) is 64.5 Å². The Morgan fingerprint density at radius 2 is 1.74 bits per heavy atom. The van der Waals surface area contributed by atoms with Crippen LogP contribution in [-0.2, 0) is 4.74 Å². The third kappa shape index (κ3) is 4.85. The van der Waals surface area contributed by atoms with Gasteiger partial charge in [-0.1, -0.05) is 0 Å². The number of hydrogen-bond donors (Lipinski definition) is 1. The first-order chi connectivity index (χ1) is 15.0. The lowest BCUT2D eigenvalue weighted by Crippen LogP contribution is -2.14. The highest BCUT2D eigenvalue weighted by molar-refractivity contribution is 7.18. The maximum absolute atomic E-state index is 12.7. The summed E-state index contributed by atoms with van der Waals surface area (Å²) in [4.78, 5) is 26.2. The van der Waals surface area contributed by atoms with Gasteiger partial charge in [0.15, 0.2) is 11.5 Å². The molecular weight excluding hydrogens is 416 g/mol. The second kappa shape index (κ2) is 9.78. The third-order valence-corrected chi connectivity index (χ3v) is 5.55. The number of ether oxygens (including phenoxy) is 3. The second-order valence-corrected chi connectivity index (χ2v) is 7.34. The van der Waals surface area contributed by atoms with Gasteiger partial charge in [-0.3, -0.25) is 4.79 Å². The molecule has 0 fully saturated rings. The summed E-state index contributed by atoms with van der Waals surface area (Å²) in [5.41, 5.74) is 1.97. The molecule has 0 aliphatic carbocycles. The van der Waals surface area contributed by atoms with Crippen molar-refractivity contribution >= 4 is 28.9 Å². The molecule has 158 valence electrons. The van der Waals surface area contributed by atoms with E-state index in [0.717, 1.165) is 10.4 Å². The van der Waals surface area contributed by atoms with Crippen LogP contribution in [-0.4, -0.2) is 32.7 Å². The summed E-state index contributed by atoms with van der Waals surface area (Å²) in [6, 6.07) is 15.4. The van der Waals surface area contributed by atoms with Crippen molar-refractivity contribution in [2.45, 2.75) is 6.92 Å². The highest BCUT2D eigenvalue weighted by Crippen LogP contribution is 2.39. The summed E-state index contributed by atoms with van der Waals surface area (Å²) in [6.07, 6.45) is 0. The molecule has 0 saturated carbocycles. The number of methoxy groups -OCH3 is 2. The number of rotatable bonds is 7.